The van der Waals surface area contributed by atoms with Gasteiger partial charge in [-0.25, -0.2) is 4.68 Å². The number of nitrogens with zero attached hydrogens (tertiary/aromatic N) is 3. The number of benzene rings is 1. The van der Waals surface area contributed by atoms with Crippen molar-refractivity contribution in [2.45, 2.75) is 13.5 Å². The predicted molar refractivity (Wildman–Crippen MR) is 84.3 cm³/mol. The van der Waals surface area contributed by atoms with E-state index in [9.17, 15) is 9.59 Å². The molecule has 2 aromatic heterocycles. The lowest BCUT2D eigenvalue weighted by Gasteiger charge is -2.09. The number of carbonyl (C=O) groups excluding carboxylic acids is 1. The lowest BCUT2D eigenvalue weighted by Crippen LogP contribution is -2.31. The van der Waals surface area contributed by atoms with Gasteiger partial charge in [0.25, 0.3) is 5.56 Å². The van der Waals surface area contributed by atoms with Gasteiger partial charge in [0.05, 0.1) is 0 Å². The Hall–Kier alpha value is -2.60. The van der Waals surface area contributed by atoms with E-state index >= 15 is 0 Å². The maximum Gasteiger partial charge on any atom is 0.291 e. The van der Waals surface area contributed by atoms with Crippen LogP contribution in [0.15, 0.2) is 47.4 Å². The lowest BCUT2D eigenvalue weighted by molar-refractivity contribution is -0.117. The predicted octanol–water partition coefficient (Wildman–Crippen LogP) is 2.10. The summed E-state index contributed by atoms with van der Waals surface area (Å²) in [7, 11) is 0. The molecule has 7 heteroatoms. The summed E-state index contributed by atoms with van der Waals surface area (Å²) >= 11 is 5.79. The highest BCUT2D eigenvalue weighted by atomic mass is 35.5. The summed E-state index contributed by atoms with van der Waals surface area (Å²) in [4.78, 5) is 24.3. The van der Waals surface area contributed by atoms with Crippen LogP contribution in [0, 0.1) is 6.92 Å². The average molecular weight is 317 g/mol. The van der Waals surface area contributed by atoms with Crippen LogP contribution in [0.25, 0.3) is 5.52 Å². The molecule has 0 atom stereocenters. The molecule has 0 spiro atoms. The Morgan fingerprint density at radius 2 is 2.00 bits per heavy atom. The fraction of sp³-hybridized carbons (Fsp3) is 0.133. The molecule has 22 heavy (non-hydrogen) atoms. The zero-order chi connectivity index (χ0) is 15.7. The van der Waals surface area contributed by atoms with Gasteiger partial charge in [-0.2, -0.15) is 5.10 Å². The van der Waals surface area contributed by atoms with Crippen molar-refractivity contribution in [3.8, 4) is 0 Å². The Balaban J connectivity index is 1.83. The molecule has 1 aromatic carbocycles. The molecule has 3 rings (SSSR count). The fourth-order valence-electron chi connectivity index (χ4n) is 2.21. The van der Waals surface area contributed by atoms with Gasteiger partial charge in [0.2, 0.25) is 5.91 Å². The number of hydrogen-bond acceptors (Lipinski definition) is 3. The molecule has 1 N–H and O–H groups in total. The van der Waals surface area contributed by atoms with E-state index in [4.69, 9.17) is 11.6 Å². The lowest BCUT2D eigenvalue weighted by atomic mass is 10.3. The quantitative estimate of drug-likeness (QED) is 0.804. The van der Waals surface area contributed by atoms with E-state index in [1.807, 2.05) is 0 Å². The highest BCUT2D eigenvalue weighted by Gasteiger charge is 2.10. The monoisotopic (exact) mass is 316 g/mol. The van der Waals surface area contributed by atoms with Crippen LogP contribution in [0.2, 0.25) is 5.02 Å². The molecule has 0 fully saturated rings. The van der Waals surface area contributed by atoms with Crippen molar-refractivity contribution in [1.82, 2.24) is 14.2 Å². The van der Waals surface area contributed by atoms with Crippen molar-refractivity contribution in [1.29, 1.82) is 0 Å². The SMILES string of the molecule is Cc1nn(CC(=O)Nc2ccc(Cl)cc2)c(=O)c2cccn12. The Labute approximate surface area is 130 Å². The first-order chi connectivity index (χ1) is 10.5. The third kappa shape index (κ3) is 2.73. The number of halogens is 1. The zero-order valence-electron chi connectivity index (χ0n) is 11.8. The summed E-state index contributed by atoms with van der Waals surface area (Å²) in [5.41, 5.74) is 0.802. The minimum atomic E-state index is -0.327. The molecule has 2 heterocycles. The van der Waals surface area contributed by atoms with Crippen LogP contribution in [-0.4, -0.2) is 20.1 Å². The molecule has 6 nitrogen and oxygen atoms in total. The zero-order valence-corrected chi connectivity index (χ0v) is 12.5. The van der Waals surface area contributed by atoms with Crippen molar-refractivity contribution in [3.63, 3.8) is 0 Å². The molecule has 0 saturated heterocycles. The molecule has 0 saturated carbocycles. The molecule has 0 bridgehead atoms. The van der Waals surface area contributed by atoms with Gasteiger partial charge in [-0.3, -0.25) is 14.0 Å². The third-order valence-corrected chi connectivity index (χ3v) is 3.49. The van der Waals surface area contributed by atoms with E-state index in [0.717, 1.165) is 4.68 Å². The van der Waals surface area contributed by atoms with Crippen LogP contribution in [0.1, 0.15) is 5.82 Å². The number of amides is 1. The van der Waals surface area contributed by atoms with Crippen molar-refractivity contribution in [2.24, 2.45) is 0 Å². The summed E-state index contributed by atoms with van der Waals surface area (Å²) in [5, 5.41) is 7.44. The van der Waals surface area contributed by atoms with Gasteiger partial charge in [0.1, 0.15) is 17.9 Å². The Bertz CT molecular complexity index is 896. The highest BCUT2D eigenvalue weighted by Crippen LogP contribution is 2.13. The number of fused-ring (bicyclic) bond motifs is 1. The van der Waals surface area contributed by atoms with E-state index in [1.165, 1.54) is 0 Å². The topological polar surface area (TPSA) is 68.4 Å². The van der Waals surface area contributed by atoms with E-state index < -0.39 is 0 Å². The number of nitrogens with one attached hydrogen (secondary N) is 1. The Morgan fingerprint density at radius 3 is 2.73 bits per heavy atom. The maximum atomic E-state index is 12.3. The average Bonchev–Trinajstić information content (AvgIpc) is 2.97. The molecule has 0 unspecified atom stereocenters. The molecule has 1 amide bonds. The summed E-state index contributed by atoms with van der Waals surface area (Å²) in [5.74, 6) is 0.311. The van der Waals surface area contributed by atoms with Gasteiger partial charge in [0.15, 0.2) is 0 Å². The van der Waals surface area contributed by atoms with Crippen molar-refractivity contribution < 1.29 is 4.79 Å². The summed E-state index contributed by atoms with van der Waals surface area (Å²) in [6.07, 6.45) is 1.76. The summed E-state index contributed by atoms with van der Waals surface area (Å²) in [6, 6.07) is 10.2. The van der Waals surface area contributed by atoms with E-state index in [1.54, 1.807) is 53.9 Å². The molecule has 3 aromatic rings. The first-order valence-electron chi connectivity index (χ1n) is 6.65. The second-order valence-electron chi connectivity index (χ2n) is 4.83. The Morgan fingerprint density at radius 1 is 1.27 bits per heavy atom. The first kappa shape index (κ1) is 14.3. The number of aryl methyl sites for hydroxylation is 1. The van der Waals surface area contributed by atoms with Crippen molar-refractivity contribution in [3.05, 3.63) is 63.8 Å². The van der Waals surface area contributed by atoms with Gasteiger partial charge >= 0.3 is 0 Å². The second kappa shape index (κ2) is 5.65. The molecule has 0 aliphatic carbocycles. The highest BCUT2D eigenvalue weighted by molar-refractivity contribution is 6.30. The minimum absolute atomic E-state index is 0.149. The smallest absolute Gasteiger partial charge is 0.291 e. The Kier molecular flexibility index (Phi) is 3.68. The number of hydrogen-bond donors (Lipinski definition) is 1. The molecular weight excluding hydrogens is 304 g/mol. The molecular formula is C15H13ClN4O2. The van der Waals surface area contributed by atoms with Crippen LogP contribution >= 0.6 is 11.6 Å². The second-order valence-corrected chi connectivity index (χ2v) is 5.26. The van der Waals surface area contributed by atoms with Gasteiger partial charge in [-0.15, -0.1) is 0 Å². The largest absolute Gasteiger partial charge is 0.324 e. The van der Waals surface area contributed by atoms with Gasteiger partial charge in [-0.05, 0) is 43.3 Å². The number of carbonyl (C=O) groups is 1. The summed E-state index contributed by atoms with van der Waals surface area (Å²) in [6.45, 7) is 1.63. The van der Waals surface area contributed by atoms with Crippen molar-refractivity contribution >= 4 is 28.7 Å². The maximum absolute atomic E-state index is 12.3. The standard InChI is InChI=1S/C15H13ClN4O2/c1-10-18-20(15(22)13-3-2-8-19(10)13)9-14(21)17-12-6-4-11(16)5-7-12/h2-8H,9H2,1H3,(H,17,21). The fourth-order valence-corrected chi connectivity index (χ4v) is 2.34. The number of rotatable bonds is 3. The third-order valence-electron chi connectivity index (χ3n) is 3.24. The summed E-state index contributed by atoms with van der Waals surface area (Å²) < 4.78 is 2.85. The molecule has 0 aliphatic heterocycles. The van der Waals surface area contributed by atoms with Crippen LogP contribution < -0.4 is 10.9 Å². The van der Waals surface area contributed by atoms with Crippen LogP contribution in [0.5, 0.6) is 0 Å². The number of anilines is 1. The minimum Gasteiger partial charge on any atom is -0.324 e. The van der Waals surface area contributed by atoms with Gasteiger partial charge in [-0.1, -0.05) is 11.6 Å². The van der Waals surface area contributed by atoms with Crippen LogP contribution in [0.4, 0.5) is 5.69 Å². The van der Waals surface area contributed by atoms with Gasteiger partial charge < -0.3 is 5.32 Å². The van der Waals surface area contributed by atoms with Crippen molar-refractivity contribution in [2.75, 3.05) is 5.32 Å². The normalized spacial score (nSPS) is 10.8. The van der Waals surface area contributed by atoms with Gasteiger partial charge in [0, 0.05) is 16.9 Å². The van der Waals surface area contributed by atoms with E-state index in [0.29, 0.717) is 22.1 Å². The molecule has 112 valence electrons. The number of aromatic nitrogens is 3. The first-order valence-corrected chi connectivity index (χ1v) is 7.02. The van der Waals surface area contributed by atoms with E-state index in [-0.39, 0.29) is 18.0 Å². The van der Waals surface area contributed by atoms with Crippen LogP contribution in [-0.2, 0) is 11.3 Å². The molecule has 0 aliphatic rings. The molecule has 0 radical (unpaired) electrons. The van der Waals surface area contributed by atoms with Crippen LogP contribution in [0.3, 0.4) is 0 Å². The van der Waals surface area contributed by atoms with E-state index in [2.05, 4.69) is 10.4 Å².